The fourth-order valence-electron chi connectivity index (χ4n) is 2.21. The Morgan fingerprint density at radius 2 is 2.25 bits per heavy atom. The quantitative estimate of drug-likeness (QED) is 0.815. The third-order valence-electron chi connectivity index (χ3n) is 3.32. The van der Waals surface area contributed by atoms with E-state index in [-0.39, 0.29) is 5.97 Å². The number of hydrogen-bond donors (Lipinski definition) is 1. The van der Waals surface area contributed by atoms with Crippen LogP contribution in [-0.4, -0.2) is 50.7 Å². The Labute approximate surface area is 119 Å². The van der Waals surface area contributed by atoms with E-state index in [2.05, 4.69) is 10.2 Å². The van der Waals surface area contributed by atoms with Crippen LogP contribution in [0.3, 0.4) is 0 Å². The van der Waals surface area contributed by atoms with E-state index >= 15 is 0 Å². The highest BCUT2D eigenvalue weighted by molar-refractivity contribution is 5.71. The number of benzene rings is 1. The molecule has 0 unspecified atom stereocenters. The first-order chi connectivity index (χ1) is 9.78. The van der Waals surface area contributed by atoms with Gasteiger partial charge in [-0.1, -0.05) is 12.1 Å². The standard InChI is InChI=1S/C15H22N2O3/c1-19-14-5-2-4-13(10-14)12-20-15(18)11-17-8-3-6-16-7-9-17/h2,4-5,10,16H,3,6-9,11-12H2,1H3. The van der Waals surface area contributed by atoms with Gasteiger partial charge in [0.2, 0.25) is 0 Å². The van der Waals surface area contributed by atoms with Crippen LogP contribution < -0.4 is 10.1 Å². The van der Waals surface area contributed by atoms with Crippen LogP contribution in [-0.2, 0) is 16.1 Å². The van der Waals surface area contributed by atoms with E-state index in [0.29, 0.717) is 13.2 Å². The van der Waals surface area contributed by atoms with Gasteiger partial charge in [-0.25, -0.2) is 0 Å². The minimum atomic E-state index is -0.172. The van der Waals surface area contributed by atoms with Gasteiger partial charge in [0.1, 0.15) is 12.4 Å². The molecule has 1 aromatic rings. The van der Waals surface area contributed by atoms with Gasteiger partial charge in [-0.3, -0.25) is 9.69 Å². The highest BCUT2D eigenvalue weighted by Gasteiger charge is 2.13. The number of nitrogens with one attached hydrogen (secondary N) is 1. The molecule has 0 radical (unpaired) electrons. The molecule has 5 nitrogen and oxygen atoms in total. The van der Waals surface area contributed by atoms with Gasteiger partial charge in [0.05, 0.1) is 13.7 Å². The van der Waals surface area contributed by atoms with Crippen molar-refractivity contribution in [3.05, 3.63) is 29.8 Å². The number of methoxy groups -OCH3 is 1. The topological polar surface area (TPSA) is 50.8 Å². The van der Waals surface area contributed by atoms with Crippen LogP contribution in [0.15, 0.2) is 24.3 Å². The molecule has 0 amide bonds. The molecule has 1 aliphatic rings. The molecule has 0 spiro atoms. The van der Waals surface area contributed by atoms with Gasteiger partial charge in [-0.2, -0.15) is 0 Å². The molecule has 20 heavy (non-hydrogen) atoms. The third kappa shape index (κ3) is 4.83. The lowest BCUT2D eigenvalue weighted by molar-refractivity contribution is -0.146. The number of esters is 1. The molecule has 5 heteroatoms. The van der Waals surface area contributed by atoms with Gasteiger partial charge in [-0.15, -0.1) is 0 Å². The van der Waals surface area contributed by atoms with Gasteiger partial charge >= 0.3 is 5.97 Å². The van der Waals surface area contributed by atoms with Gasteiger partial charge < -0.3 is 14.8 Å². The summed E-state index contributed by atoms with van der Waals surface area (Å²) in [5, 5.41) is 3.31. The van der Waals surface area contributed by atoms with E-state index in [1.807, 2.05) is 24.3 Å². The molecule has 1 heterocycles. The van der Waals surface area contributed by atoms with Crippen molar-refractivity contribution in [2.24, 2.45) is 0 Å². The number of rotatable bonds is 5. The molecule has 1 aliphatic heterocycles. The Morgan fingerprint density at radius 1 is 1.35 bits per heavy atom. The van der Waals surface area contributed by atoms with Crippen LogP contribution in [0.25, 0.3) is 0 Å². The van der Waals surface area contributed by atoms with E-state index in [4.69, 9.17) is 9.47 Å². The number of hydrogen-bond acceptors (Lipinski definition) is 5. The number of carbonyl (C=O) groups is 1. The summed E-state index contributed by atoms with van der Waals surface area (Å²) >= 11 is 0. The zero-order valence-electron chi connectivity index (χ0n) is 11.9. The van der Waals surface area contributed by atoms with Gasteiger partial charge in [0, 0.05) is 13.1 Å². The van der Waals surface area contributed by atoms with Crippen molar-refractivity contribution in [3.63, 3.8) is 0 Å². The monoisotopic (exact) mass is 278 g/mol. The van der Waals surface area contributed by atoms with Gasteiger partial charge in [-0.05, 0) is 37.2 Å². The maximum absolute atomic E-state index is 11.8. The van der Waals surface area contributed by atoms with Crippen LogP contribution in [0.2, 0.25) is 0 Å². The Kier molecular flexibility index (Phi) is 5.83. The van der Waals surface area contributed by atoms with Crippen molar-refractivity contribution in [1.29, 1.82) is 0 Å². The molecule has 1 N–H and O–H groups in total. The normalized spacial score (nSPS) is 16.4. The molecular weight excluding hydrogens is 256 g/mol. The molecule has 110 valence electrons. The predicted molar refractivity (Wildman–Crippen MR) is 76.7 cm³/mol. The maximum Gasteiger partial charge on any atom is 0.320 e. The molecule has 0 aliphatic carbocycles. The zero-order valence-corrected chi connectivity index (χ0v) is 11.9. The van der Waals surface area contributed by atoms with Crippen molar-refractivity contribution in [2.45, 2.75) is 13.0 Å². The summed E-state index contributed by atoms with van der Waals surface area (Å²) < 4.78 is 10.5. The summed E-state index contributed by atoms with van der Waals surface area (Å²) in [6.45, 7) is 4.46. The summed E-state index contributed by atoms with van der Waals surface area (Å²) in [7, 11) is 1.62. The first-order valence-electron chi connectivity index (χ1n) is 6.99. The molecular formula is C15H22N2O3. The molecule has 1 fully saturated rings. The van der Waals surface area contributed by atoms with Crippen LogP contribution in [0.1, 0.15) is 12.0 Å². The van der Waals surface area contributed by atoms with Gasteiger partial charge in [0.25, 0.3) is 0 Å². The SMILES string of the molecule is COc1cccc(COC(=O)CN2CCCNCC2)c1. The molecule has 0 bridgehead atoms. The van der Waals surface area contributed by atoms with E-state index in [9.17, 15) is 4.79 Å². The second-order valence-corrected chi connectivity index (χ2v) is 4.89. The lowest BCUT2D eigenvalue weighted by Gasteiger charge is -2.18. The average Bonchev–Trinajstić information content (AvgIpc) is 2.74. The summed E-state index contributed by atoms with van der Waals surface area (Å²) in [6, 6.07) is 7.56. The lowest BCUT2D eigenvalue weighted by atomic mass is 10.2. The van der Waals surface area contributed by atoms with Crippen LogP contribution in [0.5, 0.6) is 5.75 Å². The molecule has 0 saturated carbocycles. The molecule has 0 atom stereocenters. The smallest absolute Gasteiger partial charge is 0.320 e. The fourth-order valence-corrected chi connectivity index (χ4v) is 2.21. The Bertz CT molecular complexity index is 429. The minimum absolute atomic E-state index is 0.172. The van der Waals surface area contributed by atoms with Crippen molar-refractivity contribution in [1.82, 2.24) is 10.2 Å². The second kappa shape index (κ2) is 7.87. The van der Waals surface area contributed by atoms with Crippen LogP contribution in [0.4, 0.5) is 0 Å². The number of ether oxygens (including phenoxy) is 2. The highest BCUT2D eigenvalue weighted by Crippen LogP contribution is 2.13. The summed E-state index contributed by atoms with van der Waals surface area (Å²) in [4.78, 5) is 14.0. The van der Waals surface area contributed by atoms with E-state index in [0.717, 1.165) is 43.9 Å². The Balaban J connectivity index is 1.76. The maximum atomic E-state index is 11.8. The summed E-state index contributed by atoms with van der Waals surface area (Å²) in [5.74, 6) is 0.604. The first kappa shape index (κ1) is 14.8. The summed E-state index contributed by atoms with van der Waals surface area (Å²) in [5.41, 5.74) is 0.940. The zero-order chi connectivity index (χ0) is 14.2. The second-order valence-electron chi connectivity index (χ2n) is 4.89. The highest BCUT2D eigenvalue weighted by atomic mass is 16.5. The predicted octanol–water partition coefficient (Wildman–Crippen LogP) is 1.03. The number of nitrogens with zero attached hydrogens (tertiary/aromatic N) is 1. The molecule has 1 saturated heterocycles. The molecule has 1 aromatic carbocycles. The van der Waals surface area contributed by atoms with E-state index < -0.39 is 0 Å². The van der Waals surface area contributed by atoms with Crippen molar-refractivity contribution < 1.29 is 14.3 Å². The van der Waals surface area contributed by atoms with Crippen LogP contribution >= 0.6 is 0 Å². The first-order valence-corrected chi connectivity index (χ1v) is 6.99. The van der Waals surface area contributed by atoms with Crippen LogP contribution in [0, 0.1) is 0 Å². The average molecular weight is 278 g/mol. The van der Waals surface area contributed by atoms with E-state index in [1.54, 1.807) is 7.11 Å². The lowest BCUT2D eigenvalue weighted by Crippen LogP contribution is -2.33. The number of carbonyl (C=O) groups excluding carboxylic acids is 1. The molecule has 2 rings (SSSR count). The summed E-state index contributed by atoms with van der Waals surface area (Å²) in [6.07, 6.45) is 1.07. The largest absolute Gasteiger partial charge is 0.497 e. The Hall–Kier alpha value is -1.59. The van der Waals surface area contributed by atoms with Gasteiger partial charge in [0.15, 0.2) is 0 Å². The molecule has 0 aromatic heterocycles. The fraction of sp³-hybridized carbons (Fsp3) is 0.533. The van der Waals surface area contributed by atoms with E-state index in [1.165, 1.54) is 0 Å². The van der Waals surface area contributed by atoms with Crippen molar-refractivity contribution in [3.8, 4) is 5.75 Å². The van der Waals surface area contributed by atoms with Crippen molar-refractivity contribution >= 4 is 5.97 Å². The van der Waals surface area contributed by atoms with Crippen molar-refractivity contribution in [2.75, 3.05) is 39.8 Å². The third-order valence-corrected chi connectivity index (χ3v) is 3.32. The minimum Gasteiger partial charge on any atom is -0.497 e. The Morgan fingerprint density at radius 3 is 3.10 bits per heavy atom.